The van der Waals surface area contributed by atoms with E-state index in [0.717, 1.165) is 38.6 Å². The van der Waals surface area contributed by atoms with Gasteiger partial charge in [0.25, 0.3) is 0 Å². The van der Waals surface area contributed by atoms with Gasteiger partial charge in [-0.2, -0.15) is 0 Å². The molecule has 9 aromatic rings. The molecule has 294 valence electrons. The third kappa shape index (κ3) is 5.21. The fourth-order valence-electron chi connectivity index (χ4n) is 12.1. The highest BCUT2D eigenvalue weighted by atomic mass is 16.3. The summed E-state index contributed by atoms with van der Waals surface area (Å²) < 4.78 is 6.74. The molecule has 0 unspecified atom stereocenters. The molecule has 0 aliphatic heterocycles. The number of rotatable bonds is 4. The summed E-state index contributed by atoms with van der Waals surface area (Å²) in [5.41, 5.74) is 19.3. The number of aromatic nitrogens is 3. The Balaban J connectivity index is 0.934. The van der Waals surface area contributed by atoms with Crippen molar-refractivity contribution in [1.82, 2.24) is 15.0 Å². The van der Waals surface area contributed by atoms with E-state index in [2.05, 4.69) is 91.0 Å². The van der Waals surface area contributed by atoms with Crippen LogP contribution in [0.4, 0.5) is 0 Å². The van der Waals surface area contributed by atoms with Gasteiger partial charge in [0, 0.05) is 32.7 Å². The van der Waals surface area contributed by atoms with E-state index in [1.54, 1.807) is 16.7 Å². The summed E-state index contributed by atoms with van der Waals surface area (Å²) in [6, 6.07) is 55.5. The van der Waals surface area contributed by atoms with Gasteiger partial charge in [0.1, 0.15) is 11.2 Å². The lowest BCUT2D eigenvalue weighted by atomic mass is 9.66. The van der Waals surface area contributed by atoms with Crippen molar-refractivity contribution in [2.24, 2.45) is 0 Å². The second kappa shape index (κ2) is 13.4. The van der Waals surface area contributed by atoms with E-state index in [0.29, 0.717) is 17.5 Å². The lowest BCUT2D eigenvalue weighted by molar-refractivity contribution is 0.350. The monoisotopic (exact) mass is 787 g/mol. The second-order valence-electron chi connectivity index (χ2n) is 18.1. The van der Waals surface area contributed by atoms with E-state index in [1.807, 2.05) is 60.7 Å². The Hall–Kier alpha value is -6.65. The van der Waals surface area contributed by atoms with Gasteiger partial charge >= 0.3 is 0 Å². The Morgan fingerprint density at radius 2 is 0.869 bits per heavy atom. The van der Waals surface area contributed by atoms with Crippen LogP contribution in [0.25, 0.3) is 89.5 Å². The van der Waals surface area contributed by atoms with E-state index in [-0.39, 0.29) is 10.8 Å². The van der Waals surface area contributed by atoms with Crippen molar-refractivity contribution in [1.29, 1.82) is 0 Å². The fraction of sp³-hybridized carbons (Fsp3) is 0.211. The van der Waals surface area contributed by atoms with Crippen LogP contribution < -0.4 is 0 Å². The van der Waals surface area contributed by atoms with Gasteiger partial charge in [0.15, 0.2) is 17.5 Å². The molecule has 2 fully saturated rings. The summed E-state index contributed by atoms with van der Waals surface area (Å²) in [5.74, 6) is 1.87. The van der Waals surface area contributed by atoms with Gasteiger partial charge in [0.2, 0.25) is 0 Å². The Bertz CT molecular complexity index is 3150. The number of furan rings is 1. The number of hydrogen-bond acceptors (Lipinski definition) is 4. The van der Waals surface area contributed by atoms with Gasteiger partial charge in [-0.1, -0.05) is 154 Å². The van der Waals surface area contributed by atoms with Crippen LogP contribution >= 0.6 is 0 Å². The number of para-hydroxylation sites is 1. The van der Waals surface area contributed by atoms with Crippen molar-refractivity contribution in [3.8, 4) is 67.5 Å². The van der Waals surface area contributed by atoms with Crippen LogP contribution in [0.2, 0.25) is 0 Å². The standard InChI is InChI=1S/C57H45N3O/c1-5-16-36(17-6-1)53-58-54(37-18-7-2-8-19-37)60-55(59-53)43-22-15-21-42-46-32-38(25-27-51(46)61-52(42)43)39-24-26-41-45-35-49-44(34-50(45)57(48(41)33-39)30-13-4-14-31-57)40-20-9-10-23-47(40)56(49)28-11-3-12-29-56/h1-2,5-10,15-27,32-35H,3-4,11-14,28-31H2. The molecule has 0 N–H and O–H groups in total. The minimum absolute atomic E-state index is 0.0499. The number of nitrogens with zero attached hydrogens (tertiary/aromatic N) is 3. The maximum absolute atomic E-state index is 6.74. The van der Waals surface area contributed by atoms with Crippen molar-refractivity contribution in [3.05, 3.63) is 174 Å². The van der Waals surface area contributed by atoms with Crippen molar-refractivity contribution < 1.29 is 4.42 Å². The SMILES string of the molecule is c1ccc(-c2nc(-c3ccccc3)nc(-c3cccc4c3oc3ccc(-c5ccc6c(c5)C5(CCCCC5)c5cc7c(cc5-6)C5(CCCCC5)c5ccccc5-7)cc34)n2)cc1. The quantitative estimate of drug-likeness (QED) is 0.178. The van der Waals surface area contributed by atoms with Crippen LogP contribution in [0.3, 0.4) is 0 Å². The molecule has 4 heteroatoms. The molecule has 4 aliphatic carbocycles. The molecule has 2 saturated carbocycles. The third-order valence-electron chi connectivity index (χ3n) is 14.9. The summed E-state index contributed by atoms with van der Waals surface area (Å²) >= 11 is 0. The lowest BCUT2D eigenvalue weighted by Gasteiger charge is -2.37. The molecular weight excluding hydrogens is 743 g/mol. The van der Waals surface area contributed by atoms with E-state index in [1.165, 1.54) is 103 Å². The molecule has 61 heavy (non-hydrogen) atoms. The first kappa shape index (κ1) is 35.1. The van der Waals surface area contributed by atoms with Crippen LogP contribution in [0.5, 0.6) is 0 Å². The van der Waals surface area contributed by atoms with E-state index < -0.39 is 0 Å². The molecule has 4 nitrogen and oxygen atoms in total. The maximum atomic E-state index is 6.74. The molecule has 0 bridgehead atoms. The van der Waals surface area contributed by atoms with Crippen molar-refractivity contribution in [3.63, 3.8) is 0 Å². The maximum Gasteiger partial charge on any atom is 0.167 e. The summed E-state index contributed by atoms with van der Waals surface area (Å²) in [5, 5.41) is 2.15. The molecular formula is C57H45N3O. The van der Waals surface area contributed by atoms with E-state index in [4.69, 9.17) is 19.4 Å². The van der Waals surface area contributed by atoms with Crippen LogP contribution in [0.15, 0.2) is 156 Å². The molecule has 0 amide bonds. The Kier molecular flexibility index (Phi) is 7.73. The van der Waals surface area contributed by atoms with Gasteiger partial charge in [-0.3, -0.25) is 0 Å². The molecule has 2 spiro atoms. The average Bonchev–Trinajstić information content (AvgIpc) is 3.92. The van der Waals surface area contributed by atoms with Gasteiger partial charge in [-0.15, -0.1) is 0 Å². The van der Waals surface area contributed by atoms with E-state index in [9.17, 15) is 0 Å². The highest BCUT2D eigenvalue weighted by Crippen LogP contribution is 2.62. The molecule has 0 saturated heterocycles. The average molecular weight is 788 g/mol. The predicted octanol–water partition coefficient (Wildman–Crippen LogP) is 14.9. The van der Waals surface area contributed by atoms with Gasteiger partial charge in [-0.05, 0) is 118 Å². The minimum atomic E-state index is 0.0499. The first-order valence-corrected chi connectivity index (χ1v) is 22.4. The number of fused-ring (bicyclic) bond motifs is 13. The summed E-state index contributed by atoms with van der Waals surface area (Å²) in [6.07, 6.45) is 12.8. The molecule has 7 aromatic carbocycles. The fourth-order valence-corrected chi connectivity index (χ4v) is 12.1. The zero-order valence-electron chi connectivity index (χ0n) is 34.3. The third-order valence-corrected chi connectivity index (χ3v) is 14.9. The van der Waals surface area contributed by atoms with Crippen molar-refractivity contribution in [2.45, 2.75) is 75.0 Å². The highest BCUT2D eigenvalue weighted by molar-refractivity contribution is 6.10. The smallest absolute Gasteiger partial charge is 0.167 e. The van der Waals surface area contributed by atoms with Crippen LogP contribution in [0.1, 0.15) is 86.5 Å². The topological polar surface area (TPSA) is 51.8 Å². The van der Waals surface area contributed by atoms with Gasteiger partial charge < -0.3 is 4.42 Å². The van der Waals surface area contributed by atoms with Gasteiger partial charge in [-0.25, -0.2) is 15.0 Å². The van der Waals surface area contributed by atoms with E-state index >= 15 is 0 Å². The summed E-state index contributed by atoms with van der Waals surface area (Å²) in [4.78, 5) is 15.0. The zero-order valence-corrected chi connectivity index (χ0v) is 34.3. The van der Waals surface area contributed by atoms with Crippen LogP contribution in [-0.4, -0.2) is 15.0 Å². The molecule has 2 heterocycles. The first-order valence-electron chi connectivity index (χ1n) is 22.4. The minimum Gasteiger partial charge on any atom is -0.455 e. The molecule has 0 radical (unpaired) electrons. The molecule has 2 aromatic heterocycles. The summed E-state index contributed by atoms with van der Waals surface area (Å²) in [6.45, 7) is 0. The zero-order chi connectivity index (χ0) is 40.1. The second-order valence-corrected chi connectivity index (χ2v) is 18.1. The van der Waals surface area contributed by atoms with Crippen LogP contribution in [0, 0.1) is 0 Å². The molecule has 0 atom stereocenters. The number of benzene rings is 7. The summed E-state index contributed by atoms with van der Waals surface area (Å²) in [7, 11) is 0. The largest absolute Gasteiger partial charge is 0.455 e. The Morgan fingerprint density at radius 1 is 0.344 bits per heavy atom. The highest BCUT2D eigenvalue weighted by Gasteiger charge is 2.49. The molecule has 4 aliphatic rings. The lowest BCUT2D eigenvalue weighted by Crippen LogP contribution is -2.29. The van der Waals surface area contributed by atoms with Gasteiger partial charge in [0.05, 0.1) is 5.56 Å². The normalized spacial score (nSPS) is 16.8. The Labute approximate surface area is 356 Å². The predicted molar refractivity (Wildman–Crippen MR) is 247 cm³/mol. The first-order chi connectivity index (χ1) is 30.2. The Morgan fingerprint density at radius 3 is 1.54 bits per heavy atom. The molecule has 13 rings (SSSR count). The van der Waals surface area contributed by atoms with Crippen molar-refractivity contribution >= 4 is 21.9 Å². The number of hydrogen-bond donors (Lipinski definition) is 0. The van der Waals surface area contributed by atoms with Crippen molar-refractivity contribution in [2.75, 3.05) is 0 Å². The van der Waals surface area contributed by atoms with Crippen LogP contribution in [-0.2, 0) is 10.8 Å².